The van der Waals surface area contributed by atoms with Gasteiger partial charge in [-0.25, -0.2) is 4.98 Å². The predicted octanol–water partition coefficient (Wildman–Crippen LogP) is 1.69. The van der Waals surface area contributed by atoms with Gasteiger partial charge in [0.2, 0.25) is 0 Å². The van der Waals surface area contributed by atoms with Gasteiger partial charge in [0.25, 0.3) is 5.91 Å². The molecule has 1 aromatic carbocycles. The molecule has 120 valence electrons. The number of hydrogen-bond donors (Lipinski definition) is 1. The Morgan fingerprint density at radius 1 is 1.04 bits per heavy atom. The number of carbonyl (C=O) groups excluding carboxylic acids is 1. The molecule has 3 aromatic rings. The van der Waals surface area contributed by atoms with Gasteiger partial charge in [0, 0.05) is 11.8 Å². The van der Waals surface area contributed by atoms with Crippen molar-refractivity contribution in [2.75, 3.05) is 18.5 Å². The number of benzene rings is 1. The molecule has 8 nitrogen and oxygen atoms in total. The maximum atomic E-state index is 12.4. The number of aromatic nitrogens is 4. The second-order valence-corrected chi connectivity index (χ2v) is 5.06. The third kappa shape index (κ3) is 2.76. The van der Waals surface area contributed by atoms with Gasteiger partial charge in [0.15, 0.2) is 11.5 Å². The quantitative estimate of drug-likeness (QED) is 0.788. The fourth-order valence-corrected chi connectivity index (χ4v) is 2.33. The van der Waals surface area contributed by atoms with Gasteiger partial charge in [-0.2, -0.15) is 0 Å². The van der Waals surface area contributed by atoms with Crippen LogP contribution >= 0.6 is 0 Å². The molecule has 3 heterocycles. The second kappa shape index (κ2) is 5.99. The Labute approximate surface area is 137 Å². The Hall–Kier alpha value is -3.42. The molecule has 0 spiro atoms. The van der Waals surface area contributed by atoms with E-state index in [1.54, 1.807) is 41.0 Å². The van der Waals surface area contributed by atoms with Crippen molar-refractivity contribution in [2.24, 2.45) is 0 Å². The maximum absolute atomic E-state index is 12.4. The van der Waals surface area contributed by atoms with Crippen molar-refractivity contribution in [1.82, 2.24) is 19.7 Å². The maximum Gasteiger partial charge on any atom is 0.274 e. The number of amides is 1. The van der Waals surface area contributed by atoms with E-state index in [0.717, 1.165) is 0 Å². The number of nitrogens with zero attached hydrogens (tertiary/aromatic N) is 4. The molecule has 0 radical (unpaired) electrons. The first-order valence-corrected chi connectivity index (χ1v) is 7.33. The summed E-state index contributed by atoms with van der Waals surface area (Å²) in [5.74, 6) is 1.54. The SMILES string of the molecule is O=C(Nc1ccc2c(c1)OCCO2)c1cccc(-n2cnnc2)n1. The van der Waals surface area contributed by atoms with Gasteiger partial charge in [-0.05, 0) is 24.3 Å². The molecule has 1 aliphatic rings. The van der Waals surface area contributed by atoms with Gasteiger partial charge in [-0.15, -0.1) is 10.2 Å². The normalized spacial score (nSPS) is 12.7. The van der Waals surface area contributed by atoms with Crippen LogP contribution in [0, 0.1) is 0 Å². The van der Waals surface area contributed by atoms with E-state index >= 15 is 0 Å². The van der Waals surface area contributed by atoms with E-state index in [-0.39, 0.29) is 11.6 Å². The molecule has 0 bridgehead atoms. The molecule has 0 atom stereocenters. The van der Waals surface area contributed by atoms with E-state index in [0.29, 0.717) is 36.2 Å². The van der Waals surface area contributed by atoms with Crippen LogP contribution in [0.1, 0.15) is 10.5 Å². The fourth-order valence-electron chi connectivity index (χ4n) is 2.33. The van der Waals surface area contributed by atoms with Crippen molar-refractivity contribution >= 4 is 11.6 Å². The minimum absolute atomic E-state index is 0.288. The van der Waals surface area contributed by atoms with Crippen molar-refractivity contribution in [3.63, 3.8) is 0 Å². The number of rotatable bonds is 3. The van der Waals surface area contributed by atoms with Crippen LogP contribution in [0.25, 0.3) is 5.82 Å². The van der Waals surface area contributed by atoms with Gasteiger partial charge in [0.1, 0.15) is 37.4 Å². The summed E-state index contributed by atoms with van der Waals surface area (Å²) in [6.45, 7) is 1.02. The first-order chi connectivity index (χ1) is 11.8. The summed E-state index contributed by atoms with van der Waals surface area (Å²) in [4.78, 5) is 16.7. The zero-order valence-electron chi connectivity index (χ0n) is 12.5. The molecule has 24 heavy (non-hydrogen) atoms. The highest BCUT2D eigenvalue weighted by Gasteiger charge is 2.14. The molecular formula is C16H13N5O3. The van der Waals surface area contributed by atoms with E-state index in [1.807, 2.05) is 0 Å². The summed E-state index contributed by atoms with van der Waals surface area (Å²) in [5.41, 5.74) is 0.900. The Morgan fingerprint density at radius 3 is 2.67 bits per heavy atom. The zero-order valence-corrected chi connectivity index (χ0v) is 12.5. The number of hydrogen-bond acceptors (Lipinski definition) is 6. The molecule has 1 N–H and O–H groups in total. The van der Waals surface area contributed by atoms with Crippen LogP contribution in [-0.2, 0) is 0 Å². The van der Waals surface area contributed by atoms with Gasteiger partial charge in [-0.3, -0.25) is 9.36 Å². The predicted molar refractivity (Wildman–Crippen MR) is 84.5 cm³/mol. The van der Waals surface area contributed by atoms with Gasteiger partial charge in [0.05, 0.1) is 0 Å². The molecular weight excluding hydrogens is 310 g/mol. The topological polar surface area (TPSA) is 91.2 Å². The number of nitrogens with one attached hydrogen (secondary N) is 1. The van der Waals surface area contributed by atoms with Crippen LogP contribution in [0.2, 0.25) is 0 Å². The molecule has 1 amide bonds. The summed E-state index contributed by atoms with van der Waals surface area (Å²) in [6.07, 6.45) is 3.04. The van der Waals surface area contributed by atoms with E-state index in [1.165, 1.54) is 12.7 Å². The fraction of sp³-hybridized carbons (Fsp3) is 0.125. The number of ether oxygens (including phenoxy) is 2. The Morgan fingerprint density at radius 2 is 1.83 bits per heavy atom. The lowest BCUT2D eigenvalue weighted by Gasteiger charge is -2.19. The van der Waals surface area contributed by atoms with Gasteiger partial charge < -0.3 is 14.8 Å². The summed E-state index contributed by atoms with van der Waals surface area (Å²) in [5, 5.41) is 10.3. The van der Waals surface area contributed by atoms with Crippen molar-refractivity contribution in [1.29, 1.82) is 0 Å². The van der Waals surface area contributed by atoms with Crippen molar-refractivity contribution in [2.45, 2.75) is 0 Å². The molecule has 0 saturated carbocycles. The third-order valence-corrected chi connectivity index (χ3v) is 3.45. The summed E-state index contributed by atoms with van der Waals surface area (Å²) < 4.78 is 12.6. The lowest BCUT2D eigenvalue weighted by Crippen LogP contribution is -2.17. The second-order valence-electron chi connectivity index (χ2n) is 5.06. The van der Waals surface area contributed by atoms with Crippen LogP contribution in [-0.4, -0.2) is 38.9 Å². The smallest absolute Gasteiger partial charge is 0.274 e. The summed E-state index contributed by atoms with van der Waals surface area (Å²) in [6, 6.07) is 10.4. The standard InChI is InChI=1S/C16H13N5O3/c22-16(12-2-1-3-15(20-12)21-9-17-18-10-21)19-11-4-5-13-14(8-11)24-7-6-23-13/h1-5,8-10H,6-7H2,(H,19,22). The van der Waals surface area contributed by atoms with Crippen molar-refractivity contribution in [3.8, 4) is 17.3 Å². The van der Waals surface area contributed by atoms with Crippen LogP contribution in [0.5, 0.6) is 11.5 Å². The number of carbonyl (C=O) groups is 1. The number of anilines is 1. The molecule has 8 heteroatoms. The molecule has 0 saturated heterocycles. The van der Waals surface area contributed by atoms with E-state index in [2.05, 4.69) is 20.5 Å². The molecule has 4 rings (SSSR count). The van der Waals surface area contributed by atoms with Crippen LogP contribution in [0.4, 0.5) is 5.69 Å². The Bertz CT molecular complexity index is 879. The summed E-state index contributed by atoms with van der Waals surface area (Å²) in [7, 11) is 0. The highest BCUT2D eigenvalue weighted by atomic mass is 16.6. The molecule has 0 aliphatic carbocycles. The average Bonchev–Trinajstić information content (AvgIpc) is 3.16. The number of pyridine rings is 1. The molecule has 1 aliphatic heterocycles. The van der Waals surface area contributed by atoms with Gasteiger partial charge in [-0.1, -0.05) is 6.07 Å². The largest absolute Gasteiger partial charge is 0.486 e. The molecule has 0 unspecified atom stereocenters. The minimum atomic E-state index is -0.318. The lowest BCUT2D eigenvalue weighted by atomic mass is 10.2. The van der Waals surface area contributed by atoms with Crippen LogP contribution in [0.15, 0.2) is 49.1 Å². The Kier molecular flexibility index (Phi) is 3.54. The summed E-state index contributed by atoms with van der Waals surface area (Å²) >= 11 is 0. The lowest BCUT2D eigenvalue weighted by molar-refractivity contribution is 0.102. The minimum Gasteiger partial charge on any atom is -0.486 e. The number of fused-ring (bicyclic) bond motifs is 1. The highest BCUT2D eigenvalue weighted by molar-refractivity contribution is 6.03. The van der Waals surface area contributed by atoms with E-state index in [9.17, 15) is 4.79 Å². The van der Waals surface area contributed by atoms with E-state index in [4.69, 9.17) is 9.47 Å². The Balaban J connectivity index is 1.55. The highest BCUT2D eigenvalue weighted by Crippen LogP contribution is 2.32. The van der Waals surface area contributed by atoms with Crippen LogP contribution < -0.4 is 14.8 Å². The van der Waals surface area contributed by atoms with Gasteiger partial charge >= 0.3 is 0 Å². The first-order valence-electron chi connectivity index (χ1n) is 7.33. The molecule has 2 aromatic heterocycles. The third-order valence-electron chi connectivity index (χ3n) is 3.45. The first kappa shape index (κ1) is 14.2. The van der Waals surface area contributed by atoms with E-state index < -0.39 is 0 Å². The van der Waals surface area contributed by atoms with Crippen molar-refractivity contribution < 1.29 is 14.3 Å². The average molecular weight is 323 g/mol. The van der Waals surface area contributed by atoms with Crippen LogP contribution in [0.3, 0.4) is 0 Å². The zero-order chi connectivity index (χ0) is 16.4. The van der Waals surface area contributed by atoms with Crippen molar-refractivity contribution in [3.05, 3.63) is 54.7 Å². The molecule has 0 fully saturated rings. The monoisotopic (exact) mass is 323 g/mol.